The van der Waals surface area contributed by atoms with Crippen LogP contribution in [0.4, 0.5) is 0 Å². The van der Waals surface area contributed by atoms with Crippen molar-refractivity contribution in [1.82, 2.24) is 14.9 Å². The van der Waals surface area contributed by atoms with Crippen molar-refractivity contribution in [2.75, 3.05) is 26.8 Å². The normalized spacial score (nSPS) is 23.4. The van der Waals surface area contributed by atoms with E-state index in [1.54, 1.807) is 13.3 Å². The zero-order valence-corrected chi connectivity index (χ0v) is 18.0. The molecule has 148 valence electrons. The number of hydrogen-bond acceptors (Lipinski definition) is 6. The molecule has 0 bridgehead atoms. The molecular weight excluding hydrogens is 446 g/mol. The molecule has 8 heteroatoms. The van der Waals surface area contributed by atoms with E-state index < -0.39 is 0 Å². The van der Waals surface area contributed by atoms with Gasteiger partial charge in [0.05, 0.1) is 36.5 Å². The molecule has 28 heavy (non-hydrogen) atoms. The molecule has 0 N–H and O–H groups in total. The van der Waals surface area contributed by atoms with E-state index in [0.717, 1.165) is 28.8 Å². The number of ether oxygens (including phenoxy) is 2. The Labute approximate surface area is 177 Å². The molecule has 1 saturated heterocycles. The Hall–Kier alpha value is -1.70. The van der Waals surface area contributed by atoms with Crippen molar-refractivity contribution in [2.24, 2.45) is 17.8 Å². The summed E-state index contributed by atoms with van der Waals surface area (Å²) in [4.78, 5) is 23.4. The van der Waals surface area contributed by atoms with Gasteiger partial charge in [-0.25, -0.2) is 4.98 Å². The predicted molar refractivity (Wildman–Crippen MR) is 109 cm³/mol. The number of fused-ring (bicyclic) bond motifs is 1. The molecule has 0 amide bonds. The van der Waals surface area contributed by atoms with Gasteiger partial charge in [-0.15, -0.1) is 0 Å². The average molecular weight is 467 g/mol. The van der Waals surface area contributed by atoms with Crippen LogP contribution in [0.3, 0.4) is 0 Å². The molecule has 2 fully saturated rings. The molecule has 2 aliphatic rings. The molecule has 1 saturated carbocycles. The summed E-state index contributed by atoms with van der Waals surface area (Å²) < 4.78 is 11.4. The van der Waals surface area contributed by atoms with Gasteiger partial charge in [0.15, 0.2) is 0 Å². The second kappa shape index (κ2) is 7.97. The highest BCUT2D eigenvalue weighted by molar-refractivity contribution is 9.10. The van der Waals surface area contributed by atoms with Crippen LogP contribution in [0.2, 0.25) is 5.02 Å². The minimum atomic E-state index is -0.0511. The monoisotopic (exact) mass is 465 g/mol. The van der Waals surface area contributed by atoms with Gasteiger partial charge in [-0.1, -0.05) is 23.7 Å². The van der Waals surface area contributed by atoms with Crippen LogP contribution in [0.1, 0.15) is 12.6 Å². The number of esters is 1. The first-order valence-corrected chi connectivity index (χ1v) is 10.4. The Bertz CT molecular complexity index is 898. The Kier molecular flexibility index (Phi) is 5.58. The number of likely N-dealkylation sites (tertiary alicyclic amines) is 1. The summed E-state index contributed by atoms with van der Waals surface area (Å²) in [6.07, 6.45) is 1.73. The van der Waals surface area contributed by atoms with Crippen LogP contribution in [-0.4, -0.2) is 47.6 Å². The number of halogens is 2. The van der Waals surface area contributed by atoms with E-state index in [0.29, 0.717) is 41.6 Å². The summed E-state index contributed by atoms with van der Waals surface area (Å²) in [6, 6.07) is 5.69. The SMILES string of the molecule is CCOC(=O)C1C2CN(Cc3ncc(-c4cccc(Br)c4Cl)nc3OC)CC21. The van der Waals surface area contributed by atoms with E-state index in [-0.39, 0.29) is 11.9 Å². The van der Waals surface area contributed by atoms with Gasteiger partial charge in [0, 0.05) is 29.7 Å². The Morgan fingerprint density at radius 3 is 2.79 bits per heavy atom. The minimum absolute atomic E-state index is 0.0511. The Morgan fingerprint density at radius 2 is 2.11 bits per heavy atom. The van der Waals surface area contributed by atoms with Crippen molar-refractivity contribution >= 4 is 33.5 Å². The average Bonchev–Trinajstić information content (AvgIpc) is 3.20. The van der Waals surface area contributed by atoms with Crippen LogP contribution in [-0.2, 0) is 16.1 Å². The van der Waals surface area contributed by atoms with Crippen LogP contribution in [0.25, 0.3) is 11.3 Å². The fraction of sp³-hybridized carbons (Fsp3) is 0.450. The molecule has 0 spiro atoms. The topological polar surface area (TPSA) is 64.5 Å². The lowest BCUT2D eigenvalue weighted by Gasteiger charge is -2.19. The molecule has 2 aromatic rings. The number of benzene rings is 1. The van der Waals surface area contributed by atoms with Crippen LogP contribution in [0.15, 0.2) is 28.9 Å². The molecule has 0 radical (unpaired) electrons. The van der Waals surface area contributed by atoms with Gasteiger partial charge in [0.2, 0.25) is 5.88 Å². The number of hydrogen-bond donors (Lipinski definition) is 0. The molecular formula is C20H21BrClN3O3. The predicted octanol–water partition coefficient (Wildman–Crippen LogP) is 3.81. The number of carbonyl (C=O) groups excluding carboxylic acids is 1. The van der Waals surface area contributed by atoms with E-state index in [2.05, 4.69) is 30.8 Å². The number of methoxy groups -OCH3 is 1. The third-order valence-corrected chi connectivity index (χ3v) is 6.73. The number of nitrogens with zero attached hydrogens (tertiary/aromatic N) is 3. The van der Waals surface area contributed by atoms with E-state index in [4.69, 9.17) is 21.1 Å². The quantitative estimate of drug-likeness (QED) is 0.603. The highest BCUT2D eigenvalue weighted by atomic mass is 79.9. The van der Waals surface area contributed by atoms with E-state index in [9.17, 15) is 4.79 Å². The van der Waals surface area contributed by atoms with Crippen molar-refractivity contribution in [3.63, 3.8) is 0 Å². The number of piperidine rings is 1. The molecule has 1 aliphatic heterocycles. The molecule has 1 aliphatic carbocycles. The Morgan fingerprint density at radius 1 is 1.36 bits per heavy atom. The second-order valence-corrected chi connectivity index (χ2v) is 8.34. The minimum Gasteiger partial charge on any atom is -0.480 e. The lowest BCUT2D eigenvalue weighted by molar-refractivity contribution is -0.145. The lowest BCUT2D eigenvalue weighted by Crippen LogP contribution is -2.27. The lowest BCUT2D eigenvalue weighted by atomic mass is 10.1. The summed E-state index contributed by atoms with van der Waals surface area (Å²) >= 11 is 9.82. The van der Waals surface area contributed by atoms with Crippen molar-refractivity contribution in [3.8, 4) is 17.1 Å². The zero-order valence-electron chi connectivity index (χ0n) is 15.7. The van der Waals surface area contributed by atoms with Gasteiger partial charge in [-0.3, -0.25) is 14.7 Å². The molecule has 2 atom stereocenters. The van der Waals surface area contributed by atoms with Gasteiger partial charge in [0.1, 0.15) is 5.69 Å². The summed E-state index contributed by atoms with van der Waals surface area (Å²) in [5.74, 6) is 1.32. The fourth-order valence-corrected chi connectivity index (χ4v) is 4.63. The highest BCUT2D eigenvalue weighted by Gasteiger charge is 2.60. The Balaban J connectivity index is 1.45. The highest BCUT2D eigenvalue weighted by Crippen LogP contribution is 2.52. The number of aromatic nitrogens is 2. The van der Waals surface area contributed by atoms with Crippen molar-refractivity contribution in [1.29, 1.82) is 0 Å². The van der Waals surface area contributed by atoms with E-state index in [1.807, 2.05) is 25.1 Å². The van der Waals surface area contributed by atoms with E-state index in [1.165, 1.54) is 0 Å². The zero-order chi connectivity index (χ0) is 19.8. The van der Waals surface area contributed by atoms with Crippen LogP contribution >= 0.6 is 27.5 Å². The summed E-state index contributed by atoms with van der Waals surface area (Å²) in [5, 5.41) is 0.594. The first kappa shape index (κ1) is 19.6. The molecule has 6 nitrogen and oxygen atoms in total. The molecule has 1 aromatic heterocycles. The van der Waals surface area contributed by atoms with Gasteiger partial charge < -0.3 is 9.47 Å². The summed E-state index contributed by atoms with van der Waals surface area (Å²) in [5.41, 5.74) is 2.25. The van der Waals surface area contributed by atoms with Crippen molar-refractivity contribution in [2.45, 2.75) is 13.5 Å². The molecule has 1 aromatic carbocycles. The van der Waals surface area contributed by atoms with Gasteiger partial charge in [-0.05, 0) is 40.8 Å². The van der Waals surface area contributed by atoms with Crippen LogP contribution in [0, 0.1) is 17.8 Å². The maximum absolute atomic E-state index is 11.9. The van der Waals surface area contributed by atoms with Crippen LogP contribution in [0.5, 0.6) is 5.88 Å². The third-order valence-electron chi connectivity index (χ3n) is 5.43. The largest absolute Gasteiger partial charge is 0.480 e. The van der Waals surface area contributed by atoms with Gasteiger partial charge in [0.25, 0.3) is 0 Å². The third kappa shape index (κ3) is 3.63. The molecule has 2 unspecified atom stereocenters. The molecule has 2 heterocycles. The maximum Gasteiger partial charge on any atom is 0.309 e. The smallest absolute Gasteiger partial charge is 0.309 e. The van der Waals surface area contributed by atoms with E-state index >= 15 is 0 Å². The first-order chi connectivity index (χ1) is 13.5. The number of rotatable bonds is 6. The van der Waals surface area contributed by atoms with Crippen molar-refractivity contribution in [3.05, 3.63) is 39.6 Å². The van der Waals surface area contributed by atoms with Crippen LogP contribution < -0.4 is 4.74 Å². The second-order valence-electron chi connectivity index (χ2n) is 7.11. The summed E-state index contributed by atoms with van der Waals surface area (Å²) in [6.45, 7) is 4.68. The van der Waals surface area contributed by atoms with Crippen molar-refractivity contribution < 1.29 is 14.3 Å². The van der Waals surface area contributed by atoms with Gasteiger partial charge in [-0.2, -0.15) is 0 Å². The standard InChI is InChI=1S/C20H21BrClN3O3/c1-3-28-20(26)17-12-8-25(9-13(12)17)10-16-19(27-2)24-15(7-23-16)11-5-4-6-14(21)18(11)22/h4-7,12-13,17H,3,8-10H2,1-2H3. The number of carbonyl (C=O) groups is 1. The fourth-order valence-electron chi connectivity index (χ4n) is 4.04. The summed E-state index contributed by atoms with van der Waals surface area (Å²) in [7, 11) is 1.60. The molecule has 4 rings (SSSR count). The van der Waals surface area contributed by atoms with Gasteiger partial charge >= 0.3 is 5.97 Å². The maximum atomic E-state index is 11.9. The first-order valence-electron chi connectivity index (χ1n) is 9.26.